The predicted molar refractivity (Wildman–Crippen MR) is 103 cm³/mol. The van der Waals surface area contributed by atoms with Crippen LogP contribution in [0.2, 0.25) is 0 Å². The van der Waals surface area contributed by atoms with Gasteiger partial charge in [0.05, 0.1) is 10.7 Å². The van der Waals surface area contributed by atoms with Crippen molar-refractivity contribution in [1.29, 1.82) is 5.26 Å². The van der Waals surface area contributed by atoms with Gasteiger partial charge in [-0.05, 0) is 60.5 Å². The number of nitriles is 1. The van der Waals surface area contributed by atoms with Gasteiger partial charge >= 0.3 is 0 Å². The lowest BCUT2D eigenvalue weighted by molar-refractivity contribution is 0.165. The van der Waals surface area contributed by atoms with E-state index in [-0.39, 0.29) is 0 Å². The summed E-state index contributed by atoms with van der Waals surface area (Å²) in [5.74, 6) is 1.57. The highest BCUT2D eigenvalue weighted by Crippen LogP contribution is 2.34. The van der Waals surface area contributed by atoms with Crippen molar-refractivity contribution in [1.82, 2.24) is 9.88 Å². The second-order valence-electron chi connectivity index (χ2n) is 7.40. The third-order valence-corrected chi connectivity index (χ3v) is 6.56. The van der Waals surface area contributed by atoms with Gasteiger partial charge < -0.3 is 19.7 Å². The van der Waals surface area contributed by atoms with Gasteiger partial charge in [0.1, 0.15) is 11.9 Å². The third kappa shape index (κ3) is 3.46. The molecule has 0 spiro atoms. The molecule has 1 saturated carbocycles. The summed E-state index contributed by atoms with van der Waals surface area (Å²) in [6, 6.07) is 4.83. The zero-order valence-corrected chi connectivity index (χ0v) is 16.2. The quantitative estimate of drug-likeness (QED) is 0.789. The average Bonchev–Trinajstić information content (AvgIpc) is 3.31. The molecule has 2 aromatic rings. The predicted octanol–water partition coefficient (Wildman–Crippen LogP) is 3.50. The van der Waals surface area contributed by atoms with E-state index < -0.39 is 0 Å². The smallest absolute Gasteiger partial charge is 0.204 e. The Kier molecular flexibility index (Phi) is 5.16. The maximum Gasteiger partial charge on any atom is 0.204 e. The number of pyridine rings is 1. The van der Waals surface area contributed by atoms with Crippen molar-refractivity contribution in [2.45, 2.75) is 44.2 Å². The molecule has 0 amide bonds. The molecule has 2 aliphatic rings. The fraction of sp³-hybridized carbons (Fsp3) is 0.579. The molecule has 0 bridgehead atoms. The Balaban J connectivity index is 1.38. The van der Waals surface area contributed by atoms with Crippen LogP contribution < -0.4 is 5.32 Å². The van der Waals surface area contributed by atoms with E-state index in [0.717, 1.165) is 48.0 Å². The average molecular weight is 419 g/mol. The molecule has 1 saturated heterocycles. The van der Waals surface area contributed by atoms with Gasteiger partial charge in [-0.3, -0.25) is 0 Å². The Hall–Kier alpha value is -1.62. The van der Waals surface area contributed by atoms with Gasteiger partial charge in [-0.15, -0.1) is 0 Å². The van der Waals surface area contributed by atoms with E-state index >= 15 is 0 Å². The van der Waals surface area contributed by atoms with Crippen LogP contribution in [-0.4, -0.2) is 46.8 Å². The molecule has 0 aromatic carbocycles. The largest absolute Gasteiger partial charge is 0.444 e. The number of halogens is 1. The fourth-order valence-corrected chi connectivity index (χ4v) is 4.78. The normalized spacial score (nSPS) is 26.9. The molecule has 2 aromatic heterocycles. The van der Waals surface area contributed by atoms with Crippen LogP contribution in [0, 0.1) is 17.2 Å². The van der Waals surface area contributed by atoms with Crippen molar-refractivity contribution >= 4 is 32.7 Å². The first kappa shape index (κ1) is 17.8. The van der Waals surface area contributed by atoms with E-state index in [4.69, 9.17) is 9.68 Å². The number of aliphatic hydroxyl groups is 1. The molecule has 0 unspecified atom stereocenters. The molecule has 4 rings (SSSR count). The number of nitrogens with zero attached hydrogens (tertiary/aromatic N) is 3. The first-order valence-corrected chi connectivity index (χ1v) is 10.1. The highest BCUT2D eigenvalue weighted by molar-refractivity contribution is 9.10. The summed E-state index contributed by atoms with van der Waals surface area (Å²) in [7, 11) is 0. The number of aliphatic hydroxyl groups excluding tert-OH is 1. The number of rotatable bonds is 4. The molecule has 3 heterocycles. The molecule has 1 aliphatic carbocycles. The topological polar surface area (TPSA) is 85.3 Å². The zero-order chi connectivity index (χ0) is 18.1. The van der Waals surface area contributed by atoms with E-state index in [1.165, 1.54) is 12.8 Å². The Morgan fingerprint density at radius 1 is 1.35 bits per heavy atom. The van der Waals surface area contributed by atoms with Crippen molar-refractivity contribution in [3.63, 3.8) is 0 Å². The molecule has 2 N–H and O–H groups in total. The Labute approximate surface area is 161 Å². The van der Waals surface area contributed by atoms with Gasteiger partial charge in [0.15, 0.2) is 5.58 Å². The van der Waals surface area contributed by atoms with E-state index in [1.54, 1.807) is 12.3 Å². The van der Waals surface area contributed by atoms with E-state index in [9.17, 15) is 5.11 Å². The molecule has 1 aliphatic heterocycles. The van der Waals surface area contributed by atoms with Crippen LogP contribution in [-0.2, 0) is 0 Å². The van der Waals surface area contributed by atoms with Crippen molar-refractivity contribution < 1.29 is 9.52 Å². The highest BCUT2D eigenvalue weighted by Gasteiger charge is 2.31. The maximum absolute atomic E-state index is 9.33. The fourth-order valence-electron chi connectivity index (χ4n) is 4.26. The van der Waals surface area contributed by atoms with Crippen molar-refractivity contribution in [3.8, 4) is 6.07 Å². The van der Waals surface area contributed by atoms with Crippen molar-refractivity contribution in [2.24, 2.45) is 5.92 Å². The van der Waals surface area contributed by atoms with Crippen LogP contribution in [0.15, 0.2) is 21.2 Å². The summed E-state index contributed by atoms with van der Waals surface area (Å²) in [5.41, 5.74) is 0.621. The molecule has 7 heteroatoms. The van der Waals surface area contributed by atoms with E-state index in [2.05, 4.69) is 31.1 Å². The SMILES string of the molecule is N#Cc1cc2c(Br)c(NC3CCC(N4CC[C@@H](CO)C4)CC3)ncc2o1. The number of hydrogen-bond acceptors (Lipinski definition) is 6. The van der Waals surface area contributed by atoms with Crippen LogP contribution in [0.1, 0.15) is 37.9 Å². The zero-order valence-electron chi connectivity index (χ0n) is 14.6. The summed E-state index contributed by atoms with van der Waals surface area (Å²) in [6.45, 7) is 2.49. The van der Waals surface area contributed by atoms with Gasteiger partial charge in [-0.1, -0.05) is 0 Å². The standard InChI is InChI=1S/C19H23BrN4O2/c20-18-16-7-15(8-21)26-17(16)9-22-19(18)23-13-1-3-14(4-2-13)24-6-5-12(10-24)11-25/h7,9,12-14,25H,1-6,10-11H2,(H,22,23)/t12-,13?,14?/m1/s1. The van der Waals surface area contributed by atoms with Crippen molar-refractivity contribution in [2.75, 3.05) is 25.0 Å². The first-order chi connectivity index (χ1) is 12.7. The Bertz CT molecular complexity index is 823. The Morgan fingerprint density at radius 2 is 2.15 bits per heavy atom. The summed E-state index contributed by atoms with van der Waals surface area (Å²) < 4.78 is 6.28. The summed E-state index contributed by atoms with van der Waals surface area (Å²) in [4.78, 5) is 7.03. The number of anilines is 1. The van der Waals surface area contributed by atoms with E-state index in [0.29, 0.717) is 36.0 Å². The molecule has 1 atom stereocenters. The van der Waals surface area contributed by atoms with Gasteiger partial charge in [-0.25, -0.2) is 4.98 Å². The highest BCUT2D eigenvalue weighted by atomic mass is 79.9. The van der Waals surface area contributed by atoms with Crippen LogP contribution in [0.5, 0.6) is 0 Å². The Morgan fingerprint density at radius 3 is 2.85 bits per heavy atom. The molecule has 26 heavy (non-hydrogen) atoms. The number of furan rings is 1. The number of likely N-dealkylation sites (tertiary alicyclic amines) is 1. The number of hydrogen-bond donors (Lipinski definition) is 2. The van der Waals surface area contributed by atoms with Gasteiger partial charge in [0.2, 0.25) is 5.76 Å². The maximum atomic E-state index is 9.33. The lowest BCUT2D eigenvalue weighted by atomic mass is 9.90. The second kappa shape index (κ2) is 7.55. The summed E-state index contributed by atoms with van der Waals surface area (Å²) >= 11 is 3.61. The van der Waals surface area contributed by atoms with E-state index in [1.807, 2.05) is 6.07 Å². The van der Waals surface area contributed by atoms with Crippen LogP contribution >= 0.6 is 15.9 Å². The first-order valence-electron chi connectivity index (χ1n) is 9.27. The third-order valence-electron chi connectivity index (χ3n) is 5.76. The molecule has 0 radical (unpaired) electrons. The lowest BCUT2D eigenvalue weighted by Gasteiger charge is -2.35. The number of aromatic nitrogens is 1. The van der Waals surface area contributed by atoms with Crippen LogP contribution in [0.3, 0.4) is 0 Å². The number of fused-ring (bicyclic) bond motifs is 1. The number of nitrogens with one attached hydrogen (secondary N) is 1. The molecular weight excluding hydrogens is 396 g/mol. The summed E-state index contributed by atoms with van der Waals surface area (Å²) in [6.07, 6.45) is 7.40. The van der Waals surface area contributed by atoms with Gasteiger partial charge in [-0.2, -0.15) is 5.26 Å². The summed E-state index contributed by atoms with van der Waals surface area (Å²) in [5, 5.41) is 22.8. The molecule has 2 fully saturated rings. The van der Waals surface area contributed by atoms with Gasteiger partial charge in [0, 0.05) is 36.7 Å². The minimum Gasteiger partial charge on any atom is -0.444 e. The van der Waals surface area contributed by atoms with Crippen LogP contribution in [0.25, 0.3) is 11.0 Å². The molecule has 6 nitrogen and oxygen atoms in total. The van der Waals surface area contributed by atoms with Gasteiger partial charge in [0.25, 0.3) is 0 Å². The lowest BCUT2D eigenvalue weighted by Crippen LogP contribution is -2.39. The minimum absolute atomic E-state index is 0.298. The molecular formula is C19H23BrN4O2. The van der Waals surface area contributed by atoms with Crippen molar-refractivity contribution in [3.05, 3.63) is 22.5 Å². The van der Waals surface area contributed by atoms with Crippen LogP contribution in [0.4, 0.5) is 5.82 Å². The molecule has 138 valence electrons. The second-order valence-corrected chi connectivity index (χ2v) is 8.20. The minimum atomic E-state index is 0.298. The monoisotopic (exact) mass is 418 g/mol.